The topological polar surface area (TPSA) is 113 Å². The van der Waals surface area contributed by atoms with Crippen LogP contribution in [0.5, 0.6) is 0 Å². The van der Waals surface area contributed by atoms with Crippen molar-refractivity contribution in [3.8, 4) is 11.4 Å². The van der Waals surface area contributed by atoms with E-state index >= 15 is 0 Å². The summed E-state index contributed by atoms with van der Waals surface area (Å²) in [6.07, 6.45) is 0.0186. The molecule has 0 unspecified atom stereocenters. The predicted octanol–water partition coefficient (Wildman–Crippen LogP) is 4.14. The van der Waals surface area contributed by atoms with Gasteiger partial charge in [0.2, 0.25) is 17.8 Å². The maximum Gasteiger partial charge on any atom is 0.245 e. The second kappa shape index (κ2) is 10.4. The zero-order valence-corrected chi connectivity index (χ0v) is 19.9. The summed E-state index contributed by atoms with van der Waals surface area (Å²) in [5.41, 5.74) is 8.42. The van der Waals surface area contributed by atoms with Gasteiger partial charge in [0, 0.05) is 35.4 Å². The molecule has 0 aliphatic carbocycles. The summed E-state index contributed by atoms with van der Waals surface area (Å²) in [4.78, 5) is 33.9. The standard InChI is InChI=1S/C26H22ClN7O2/c27-20-12-6-4-10-18(20)16-28-22(35)14-15-23(36)31-32-26-29-21-13-7-5-11-19(21)25-30-24(33-34(25)26)17-8-2-1-3-9-17/h1-13H,14-16H2,(H,28,35)(H,29,32)(H,31,36). The minimum Gasteiger partial charge on any atom is -0.352 e. The van der Waals surface area contributed by atoms with E-state index in [1.807, 2.05) is 72.8 Å². The highest BCUT2D eigenvalue weighted by atomic mass is 35.5. The predicted molar refractivity (Wildman–Crippen MR) is 138 cm³/mol. The van der Waals surface area contributed by atoms with Gasteiger partial charge in [0.15, 0.2) is 11.5 Å². The SMILES string of the molecule is O=C(CCC(=O)NNc1nc2ccccc2c2nc(-c3ccccc3)nn12)NCc1ccccc1Cl. The molecule has 9 nitrogen and oxygen atoms in total. The number of aromatic nitrogens is 4. The van der Waals surface area contributed by atoms with Gasteiger partial charge in [-0.25, -0.2) is 9.97 Å². The minimum atomic E-state index is -0.366. The van der Waals surface area contributed by atoms with Crippen LogP contribution < -0.4 is 16.2 Å². The first-order valence-corrected chi connectivity index (χ1v) is 11.7. The highest BCUT2D eigenvalue weighted by Crippen LogP contribution is 2.23. The van der Waals surface area contributed by atoms with E-state index in [4.69, 9.17) is 16.6 Å². The number of carbonyl (C=O) groups excluding carboxylic acids is 2. The van der Waals surface area contributed by atoms with Crippen molar-refractivity contribution >= 4 is 45.9 Å². The third-order valence-corrected chi connectivity index (χ3v) is 5.91. The number of nitrogens with zero attached hydrogens (tertiary/aromatic N) is 4. The Kier molecular flexibility index (Phi) is 6.72. The summed E-state index contributed by atoms with van der Waals surface area (Å²) in [5.74, 6) is 0.225. The Morgan fingerprint density at radius 1 is 0.833 bits per heavy atom. The second-order valence-electron chi connectivity index (χ2n) is 8.03. The van der Waals surface area contributed by atoms with E-state index in [2.05, 4.69) is 26.3 Å². The van der Waals surface area contributed by atoms with Gasteiger partial charge >= 0.3 is 0 Å². The smallest absolute Gasteiger partial charge is 0.245 e. The molecule has 0 atom stereocenters. The zero-order chi connectivity index (χ0) is 24.9. The van der Waals surface area contributed by atoms with Crippen LogP contribution in [-0.2, 0) is 16.1 Å². The normalized spacial score (nSPS) is 10.9. The second-order valence-corrected chi connectivity index (χ2v) is 8.44. The van der Waals surface area contributed by atoms with Crippen LogP contribution in [0.15, 0.2) is 78.9 Å². The molecular weight excluding hydrogens is 478 g/mol. The van der Waals surface area contributed by atoms with Crippen molar-refractivity contribution in [2.24, 2.45) is 0 Å². The Labute approximate surface area is 211 Å². The van der Waals surface area contributed by atoms with Gasteiger partial charge < -0.3 is 5.32 Å². The van der Waals surface area contributed by atoms with Crippen molar-refractivity contribution in [3.05, 3.63) is 89.4 Å². The molecule has 0 fully saturated rings. The number of amides is 2. The summed E-state index contributed by atoms with van der Waals surface area (Å²) in [5, 5.41) is 8.79. The Morgan fingerprint density at radius 3 is 2.39 bits per heavy atom. The third kappa shape index (κ3) is 5.11. The van der Waals surface area contributed by atoms with Gasteiger partial charge in [-0.15, -0.1) is 5.10 Å². The van der Waals surface area contributed by atoms with E-state index in [-0.39, 0.29) is 24.7 Å². The molecule has 0 aliphatic heterocycles. The van der Waals surface area contributed by atoms with E-state index in [1.165, 1.54) is 0 Å². The molecule has 2 aromatic heterocycles. The number of hydrogen-bond acceptors (Lipinski definition) is 6. The fourth-order valence-corrected chi connectivity index (χ4v) is 3.89. The summed E-state index contributed by atoms with van der Waals surface area (Å²) >= 11 is 6.11. The number of hydrazine groups is 1. The van der Waals surface area contributed by atoms with Crippen molar-refractivity contribution in [2.75, 3.05) is 5.43 Å². The van der Waals surface area contributed by atoms with Gasteiger partial charge in [0.25, 0.3) is 0 Å². The lowest BCUT2D eigenvalue weighted by Gasteiger charge is -2.10. The van der Waals surface area contributed by atoms with Gasteiger partial charge in [-0.2, -0.15) is 4.52 Å². The van der Waals surface area contributed by atoms with Crippen LogP contribution in [0.1, 0.15) is 18.4 Å². The maximum absolute atomic E-state index is 12.4. The lowest BCUT2D eigenvalue weighted by atomic mass is 10.2. The Morgan fingerprint density at radius 2 is 1.56 bits per heavy atom. The Balaban J connectivity index is 1.26. The van der Waals surface area contributed by atoms with Crippen molar-refractivity contribution < 1.29 is 9.59 Å². The molecule has 2 amide bonds. The summed E-state index contributed by atoms with van der Waals surface area (Å²) in [6.45, 7) is 0.299. The molecule has 2 heterocycles. The van der Waals surface area contributed by atoms with E-state index in [0.29, 0.717) is 34.5 Å². The largest absolute Gasteiger partial charge is 0.352 e. The van der Waals surface area contributed by atoms with Crippen molar-refractivity contribution in [1.82, 2.24) is 30.3 Å². The molecular formula is C26H22ClN7O2. The van der Waals surface area contributed by atoms with E-state index in [9.17, 15) is 9.59 Å². The lowest BCUT2D eigenvalue weighted by molar-refractivity contribution is -0.126. The summed E-state index contributed by atoms with van der Waals surface area (Å²) in [7, 11) is 0. The number of fused-ring (bicyclic) bond motifs is 3. The quantitative estimate of drug-likeness (QED) is 0.277. The number of nitrogens with one attached hydrogen (secondary N) is 3. The molecule has 5 rings (SSSR count). The van der Waals surface area contributed by atoms with E-state index < -0.39 is 0 Å². The molecule has 0 radical (unpaired) electrons. The van der Waals surface area contributed by atoms with Crippen LogP contribution in [0.4, 0.5) is 5.95 Å². The lowest BCUT2D eigenvalue weighted by Crippen LogP contribution is -2.32. The van der Waals surface area contributed by atoms with Crippen molar-refractivity contribution in [3.63, 3.8) is 0 Å². The fourth-order valence-electron chi connectivity index (χ4n) is 3.69. The molecule has 3 aromatic carbocycles. The van der Waals surface area contributed by atoms with Crippen LogP contribution in [-0.4, -0.2) is 31.4 Å². The summed E-state index contributed by atoms with van der Waals surface area (Å²) < 4.78 is 1.56. The zero-order valence-electron chi connectivity index (χ0n) is 19.1. The van der Waals surface area contributed by atoms with Gasteiger partial charge in [0.05, 0.1) is 5.52 Å². The van der Waals surface area contributed by atoms with E-state index in [0.717, 1.165) is 16.5 Å². The number of anilines is 1. The van der Waals surface area contributed by atoms with Crippen molar-refractivity contribution in [2.45, 2.75) is 19.4 Å². The number of para-hydroxylation sites is 1. The molecule has 3 N–H and O–H groups in total. The first-order chi connectivity index (χ1) is 17.6. The van der Waals surface area contributed by atoms with Crippen LogP contribution in [0.2, 0.25) is 5.02 Å². The minimum absolute atomic E-state index is 0.00922. The average Bonchev–Trinajstić information content (AvgIpc) is 3.37. The average molecular weight is 500 g/mol. The van der Waals surface area contributed by atoms with E-state index in [1.54, 1.807) is 10.6 Å². The number of halogens is 1. The molecule has 0 aliphatic rings. The molecule has 0 saturated heterocycles. The Hall–Kier alpha value is -4.50. The molecule has 180 valence electrons. The molecule has 5 aromatic rings. The van der Waals surface area contributed by atoms with Gasteiger partial charge in [-0.1, -0.05) is 72.3 Å². The fraction of sp³-hybridized carbons (Fsp3) is 0.115. The summed E-state index contributed by atoms with van der Waals surface area (Å²) in [6, 6.07) is 24.5. The van der Waals surface area contributed by atoms with Crippen LogP contribution in [0, 0.1) is 0 Å². The molecule has 36 heavy (non-hydrogen) atoms. The monoisotopic (exact) mass is 499 g/mol. The number of hydrogen-bond donors (Lipinski definition) is 3. The number of benzene rings is 3. The highest BCUT2D eigenvalue weighted by molar-refractivity contribution is 6.31. The third-order valence-electron chi connectivity index (χ3n) is 5.54. The first kappa shape index (κ1) is 23.3. The molecule has 0 saturated carbocycles. The van der Waals surface area contributed by atoms with Crippen LogP contribution >= 0.6 is 11.6 Å². The van der Waals surface area contributed by atoms with Gasteiger partial charge in [-0.3, -0.25) is 20.4 Å². The van der Waals surface area contributed by atoms with Crippen LogP contribution in [0.3, 0.4) is 0 Å². The Bertz CT molecular complexity index is 1550. The van der Waals surface area contributed by atoms with Gasteiger partial charge in [0.1, 0.15) is 0 Å². The van der Waals surface area contributed by atoms with Gasteiger partial charge in [-0.05, 0) is 23.8 Å². The maximum atomic E-state index is 12.4. The highest BCUT2D eigenvalue weighted by Gasteiger charge is 2.15. The molecule has 10 heteroatoms. The molecule has 0 bridgehead atoms. The van der Waals surface area contributed by atoms with Crippen LogP contribution in [0.25, 0.3) is 27.9 Å². The first-order valence-electron chi connectivity index (χ1n) is 11.3. The van der Waals surface area contributed by atoms with Crippen molar-refractivity contribution in [1.29, 1.82) is 0 Å². The number of carbonyl (C=O) groups is 2. The number of rotatable bonds is 8. The molecule has 0 spiro atoms.